The van der Waals surface area contributed by atoms with Gasteiger partial charge in [0.1, 0.15) is 0 Å². The number of benzene rings is 2. The summed E-state index contributed by atoms with van der Waals surface area (Å²) in [4.78, 5) is 12.1. The molecule has 0 heterocycles. The summed E-state index contributed by atoms with van der Waals surface area (Å²) in [5.41, 5.74) is 7.27. The van der Waals surface area contributed by atoms with Crippen LogP contribution in [0.5, 0.6) is 0 Å². The molecule has 0 unspecified atom stereocenters. The Morgan fingerprint density at radius 2 is 1.95 bits per heavy atom. The fraction of sp³-hybridized carbons (Fsp3) is 0.0714. The van der Waals surface area contributed by atoms with E-state index in [2.05, 4.69) is 5.16 Å². The molecule has 0 saturated carbocycles. The number of amidine groups is 1. The van der Waals surface area contributed by atoms with Crippen LogP contribution in [0.4, 0.5) is 17.1 Å². The third-order valence-corrected chi connectivity index (χ3v) is 3.08. The van der Waals surface area contributed by atoms with Gasteiger partial charge in [-0.25, -0.2) is 0 Å². The quantitative estimate of drug-likeness (QED) is 0.295. The predicted octanol–water partition coefficient (Wildman–Crippen LogP) is 2.46. The first-order valence-corrected chi connectivity index (χ1v) is 6.09. The first kappa shape index (κ1) is 14.3. The van der Waals surface area contributed by atoms with Gasteiger partial charge in [0.25, 0.3) is 5.69 Å². The maximum absolute atomic E-state index is 10.9. The van der Waals surface area contributed by atoms with E-state index in [0.29, 0.717) is 5.69 Å². The molecule has 2 rings (SSSR count). The van der Waals surface area contributed by atoms with Crippen molar-refractivity contribution < 1.29 is 10.1 Å². The molecule has 0 amide bonds. The predicted molar refractivity (Wildman–Crippen MR) is 80.1 cm³/mol. The highest BCUT2D eigenvalue weighted by Crippen LogP contribution is 2.29. The molecule has 0 fully saturated rings. The first-order chi connectivity index (χ1) is 10.0. The summed E-state index contributed by atoms with van der Waals surface area (Å²) >= 11 is 0. The van der Waals surface area contributed by atoms with Crippen molar-refractivity contribution in [2.45, 2.75) is 0 Å². The molecular formula is C14H14N4O3. The highest BCUT2D eigenvalue weighted by molar-refractivity contribution is 6.03. The number of hydrogen-bond acceptors (Lipinski definition) is 5. The van der Waals surface area contributed by atoms with Gasteiger partial charge in [-0.3, -0.25) is 10.1 Å². The van der Waals surface area contributed by atoms with Crippen molar-refractivity contribution >= 4 is 22.9 Å². The van der Waals surface area contributed by atoms with Gasteiger partial charge in [0, 0.05) is 24.9 Å². The van der Waals surface area contributed by atoms with E-state index in [-0.39, 0.29) is 17.1 Å². The Morgan fingerprint density at radius 3 is 2.52 bits per heavy atom. The van der Waals surface area contributed by atoms with Gasteiger partial charge in [-0.2, -0.15) is 0 Å². The Balaban J connectivity index is 2.55. The number of nitro groups is 1. The number of hydrogen-bond donors (Lipinski definition) is 2. The van der Waals surface area contributed by atoms with Gasteiger partial charge in [0.2, 0.25) is 0 Å². The number of nitrogens with zero attached hydrogens (tertiary/aromatic N) is 3. The van der Waals surface area contributed by atoms with Crippen LogP contribution in [0.2, 0.25) is 0 Å². The summed E-state index contributed by atoms with van der Waals surface area (Å²) in [6.07, 6.45) is 0. The molecule has 0 aromatic heterocycles. The molecule has 7 heteroatoms. The number of non-ortho nitro benzene ring substituents is 1. The summed E-state index contributed by atoms with van der Waals surface area (Å²) in [5, 5.41) is 22.7. The second kappa shape index (κ2) is 5.91. The Morgan fingerprint density at radius 1 is 1.29 bits per heavy atom. The molecule has 3 N–H and O–H groups in total. The summed E-state index contributed by atoms with van der Waals surface area (Å²) in [5.74, 6) is -0.184. The van der Waals surface area contributed by atoms with E-state index < -0.39 is 4.92 Å². The van der Waals surface area contributed by atoms with Gasteiger partial charge >= 0.3 is 0 Å². The Labute approximate surface area is 121 Å². The standard InChI is InChI=1S/C14H14N4O3/c1-17(10-5-3-2-4-6-10)13-8-7-11(18(20)21)9-12(13)14(15)16-19/h2-9,19H,1H3,(H2,15,16). The fourth-order valence-electron chi connectivity index (χ4n) is 1.98. The summed E-state index contributed by atoms with van der Waals surface area (Å²) in [6, 6.07) is 13.6. The number of anilines is 2. The van der Waals surface area contributed by atoms with Gasteiger partial charge in [0.05, 0.1) is 16.2 Å². The molecule has 0 bridgehead atoms. The fourth-order valence-corrected chi connectivity index (χ4v) is 1.98. The summed E-state index contributed by atoms with van der Waals surface area (Å²) < 4.78 is 0. The van der Waals surface area contributed by atoms with Crippen molar-refractivity contribution in [3.05, 3.63) is 64.2 Å². The van der Waals surface area contributed by atoms with Crippen molar-refractivity contribution in [1.29, 1.82) is 0 Å². The second-order valence-electron chi connectivity index (χ2n) is 4.34. The molecule has 7 nitrogen and oxygen atoms in total. The van der Waals surface area contributed by atoms with Crippen LogP contribution >= 0.6 is 0 Å². The molecule has 21 heavy (non-hydrogen) atoms. The van der Waals surface area contributed by atoms with E-state index in [1.54, 1.807) is 18.0 Å². The lowest BCUT2D eigenvalue weighted by molar-refractivity contribution is -0.384. The molecule has 2 aromatic carbocycles. The zero-order valence-corrected chi connectivity index (χ0v) is 11.3. The monoisotopic (exact) mass is 286 g/mol. The maximum atomic E-state index is 10.9. The SMILES string of the molecule is CN(c1ccccc1)c1ccc([N+](=O)[O-])cc1C(N)=NO. The maximum Gasteiger partial charge on any atom is 0.270 e. The van der Waals surface area contributed by atoms with Crippen LogP contribution in [0, 0.1) is 10.1 Å². The molecule has 0 saturated heterocycles. The van der Waals surface area contributed by atoms with Crippen LogP contribution in [-0.2, 0) is 0 Å². The van der Waals surface area contributed by atoms with E-state index in [4.69, 9.17) is 10.9 Å². The van der Waals surface area contributed by atoms with Crippen LogP contribution in [0.3, 0.4) is 0 Å². The van der Waals surface area contributed by atoms with Crippen molar-refractivity contribution in [2.75, 3.05) is 11.9 Å². The molecule has 0 aliphatic rings. The highest BCUT2D eigenvalue weighted by Gasteiger charge is 2.17. The lowest BCUT2D eigenvalue weighted by Crippen LogP contribution is -2.19. The van der Waals surface area contributed by atoms with E-state index in [1.807, 2.05) is 30.3 Å². The van der Waals surface area contributed by atoms with Crippen LogP contribution in [-0.4, -0.2) is 23.0 Å². The van der Waals surface area contributed by atoms with Crippen LogP contribution in [0.25, 0.3) is 0 Å². The zero-order chi connectivity index (χ0) is 15.4. The number of rotatable bonds is 4. The van der Waals surface area contributed by atoms with Gasteiger partial charge in [-0.15, -0.1) is 0 Å². The van der Waals surface area contributed by atoms with Gasteiger partial charge < -0.3 is 15.8 Å². The number of nitrogens with two attached hydrogens (primary N) is 1. The van der Waals surface area contributed by atoms with Crippen LogP contribution in [0.15, 0.2) is 53.7 Å². The number of para-hydroxylation sites is 1. The molecule has 0 radical (unpaired) electrons. The molecule has 2 aromatic rings. The average Bonchev–Trinajstić information content (AvgIpc) is 2.53. The summed E-state index contributed by atoms with van der Waals surface area (Å²) in [7, 11) is 1.80. The van der Waals surface area contributed by atoms with Crippen molar-refractivity contribution in [2.24, 2.45) is 10.9 Å². The van der Waals surface area contributed by atoms with Gasteiger partial charge in [-0.05, 0) is 18.2 Å². The largest absolute Gasteiger partial charge is 0.409 e. The van der Waals surface area contributed by atoms with E-state index in [0.717, 1.165) is 5.69 Å². The molecule has 0 aliphatic carbocycles. The average molecular weight is 286 g/mol. The molecular weight excluding hydrogens is 272 g/mol. The van der Waals surface area contributed by atoms with Crippen molar-refractivity contribution in [3.8, 4) is 0 Å². The van der Waals surface area contributed by atoms with Crippen molar-refractivity contribution in [1.82, 2.24) is 0 Å². The lowest BCUT2D eigenvalue weighted by atomic mass is 10.1. The molecule has 0 atom stereocenters. The van der Waals surface area contributed by atoms with E-state index in [1.165, 1.54) is 12.1 Å². The number of oxime groups is 1. The normalized spacial score (nSPS) is 11.2. The van der Waals surface area contributed by atoms with E-state index >= 15 is 0 Å². The number of nitro benzene ring substituents is 1. The minimum atomic E-state index is -0.527. The smallest absolute Gasteiger partial charge is 0.270 e. The van der Waals surface area contributed by atoms with Crippen LogP contribution < -0.4 is 10.6 Å². The Hall–Kier alpha value is -3.09. The first-order valence-electron chi connectivity index (χ1n) is 6.09. The topological polar surface area (TPSA) is 105 Å². The third-order valence-electron chi connectivity index (χ3n) is 3.08. The second-order valence-corrected chi connectivity index (χ2v) is 4.34. The minimum absolute atomic E-state index is 0.123. The van der Waals surface area contributed by atoms with Gasteiger partial charge in [0.15, 0.2) is 5.84 Å². The summed E-state index contributed by atoms with van der Waals surface area (Å²) in [6.45, 7) is 0. The Bertz CT molecular complexity index is 686. The highest BCUT2D eigenvalue weighted by atomic mass is 16.6. The Kier molecular flexibility index (Phi) is 4.03. The zero-order valence-electron chi connectivity index (χ0n) is 11.3. The molecule has 0 aliphatic heterocycles. The van der Waals surface area contributed by atoms with Gasteiger partial charge in [-0.1, -0.05) is 23.4 Å². The third kappa shape index (κ3) is 2.92. The van der Waals surface area contributed by atoms with Crippen LogP contribution in [0.1, 0.15) is 5.56 Å². The lowest BCUT2D eigenvalue weighted by Gasteiger charge is -2.22. The molecule has 108 valence electrons. The van der Waals surface area contributed by atoms with Crippen molar-refractivity contribution in [3.63, 3.8) is 0 Å². The van der Waals surface area contributed by atoms with E-state index in [9.17, 15) is 10.1 Å². The minimum Gasteiger partial charge on any atom is -0.409 e. The molecule has 0 spiro atoms.